The number of fused-ring (bicyclic) bond motifs is 1. The summed E-state index contributed by atoms with van der Waals surface area (Å²) in [4.78, 5) is 35.8. The zero-order chi connectivity index (χ0) is 24.8. The summed E-state index contributed by atoms with van der Waals surface area (Å²) in [7, 11) is 0. The van der Waals surface area contributed by atoms with Crippen LogP contribution in [-0.2, 0) is 11.2 Å². The second-order valence-corrected chi connectivity index (χ2v) is 8.32. The normalized spacial score (nSPS) is 10.9. The van der Waals surface area contributed by atoms with Gasteiger partial charge in [0.05, 0.1) is 27.6 Å². The minimum atomic E-state index is -0.644. The van der Waals surface area contributed by atoms with E-state index in [4.69, 9.17) is 4.74 Å². The highest BCUT2D eigenvalue weighted by Gasteiger charge is 2.19. The van der Waals surface area contributed by atoms with E-state index in [0.717, 1.165) is 16.3 Å². The maximum atomic E-state index is 12.5. The van der Waals surface area contributed by atoms with Crippen molar-refractivity contribution in [2.75, 3.05) is 0 Å². The topological polar surface area (TPSA) is 111 Å². The molecule has 174 valence electrons. The Bertz CT molecular complexity index is 1450. The van der Waals surface area contributed by atoms with Crippen molar-refractivity contribution in [1.82, 2.24) is 5.43 Å². The number of ether oxygens (including phenoxy) is 1. The lowest BCUT2D eigenvalue weighted by molar-refractivity contribution is -0.385. The number of hydrogen-bond acceptors (Lipinski definition) is 6. The van der Waals surface area contributed by atoms with Gasteiger partial charge in [0.25, 0.3) is 5.69 Å². The lowest BCUT2D eigenvalue weighted by Crippen LogP contribution is -2.20. The molecule has 35 heavy (non-hydrogen) atoms. The Morgan fingerprint density at radius 1 is 1.00 bits per heavy atom. The number of nitrogens with zero attached hydrogens (tertiary/aromatic N) is 2. The molecular formula is C26H18BrN3O5. The summed E-state index contributed by atoms with van der Waals surface area (Å²) in [6, 6.07) is 24.2. The molecule has 0 unspecified atom stereocenters. The molecule has 4 aromatic carbocycles. The van der Waals surface area contributed by atoms with E-state index in [9.17, 15) is 19.7 Å². The molecule has 0 radical (unpaired) electrons. The van der Waals surface area contributed by atoms with Gasteiger partial charge in [-0.25, -0.2) is 10.2 Å². The summed E-state index contributed by atoms with van der Waals surface area (Å²) in [5.41, 5.74) is 3.48. The van der Waals surface area contributed by atoms with Gasteiger partial charge in [0.1, 0.15) is 0 Å². The maximum absolute atomic E-state index is 12.5. The molecule has 0 aliphatic carbocycles. The van der Waals surface area contributed by atoms with Crippen molar-refractivity contribution in [1.29, 1.82) is 0 Å². The third kappa shape index (κ3) is 5.77. The maximum Gasteiger partial charge on any atom is 0.343 e. The number of halogens is 1. The van der Waals surface area contributed by atoms with E-state index >= 15 is 0 Å². The molecular weight excluding hydrogens is 514 g/mol. The zero-order valence-corrected chi connectivity index (χ0v) is 19.8. The fraction of sp³-hybridized carbons (Fsp3) is 0.0385. The predicted molar refractivity (Wildman–Crippen MR) is 136 cm³/mol. The van der Waals surface area contributed by atoms with Crippen LogP contribution in [-0.4, -0.2) is 23.0 Å². The van der Waals surface area contributed by atoms with Crippen molar-refractivity contribution < 1.29 is 19.2 Å². The first-order chi connectivity index (χ1) is 16.9. The Morgan fingerprint density at radius 3 is 2.49 bits per heavy atom. The molecule has 0 aromatic heterocycles. The monoisotopic (exact) mass is 531 g/mol. The summed E-state index contributed by atoms with van der Waals surface area (Å²) < 4.78 is 5.68. The highest BCUT2D eigenvalue weighted by Crippen LogP contribution is 2.33. The van der Waals surface area contributed by atoms with Crippen molar-refractivity contribution >= 4 is 50.5 Å². The average molecular weight is 532 g/mol. The molecule has 8 nitrogen and oxygen atoms in total. The molecule has 9 heteroatoms. The number of hydrazone groups is 1. The molecule has 0 atom stereocenters. The van der Waals surface area contributed by atoms with Crippen LogP contribution in [0.2, 0.25) is 0 Å². The van der Waals surface area contributed by atoms with Gasteiger partial charge in [-0.1, -0.05) is 60.7 Å². The number of esters is 1. The molecule has 1 N–H and O–H groups in total. The number of nitro benzene ring substituents is 1. The van der Waals surface area contributed by atoms with Crippen LogP contribution in [0.15, 0.2) is 94.5 Å². The van der Waals surface area contributed by atoms with Gasteiger partial charge < -0.3 is 4.74 Å². The Hall–Kier alpha value is -4.37. The van der Waals surface area contributed by atoms with E-state index in [0.29, 0.717) is 5.56 Å². The molecule has 1 amide bonds. The van der Waals surface area contributed by atoms with E-state index < -0.39 is 10.9 Å². The van der Waals surface area contributed by atoms with Crippen molar-refractivity contribution in [3.63, 3.8) is 0 Å². The quantitative estimate of drug-likeness (QED) is 0.112. The van der Waals surface area contributed by atoms with Gasteiger partial charge in [0.15, 0.2) is 5.75 Å². The summed E-state index contributed by atoms with van der Waals surface area (Å²) in [5, 5.41) is 17.2. The van der Waals surface area contributed by atoms with Crippen LogP contribution in [0, 0.1) is 10.1 Å². The van der Waals surface area contributed by atoms with Gasteiger partial charge in [-0.3, -0.25) is 14.9 Å². The number of rotatable bonds is 7. The lowest BCUT2D eigenvalue weighted by atomic mass is 10.0. The van der Waals surface area contributed by atoms with E-state index in [2.05, 4.69) is 26.5 Å². The second kappa shape index (κ2) is 10.7. The first kappa shape index (κ1) is 23.8. The summed E-state index contributed by atoms with van der Waals surface area (Å²) in [5.74, 6) is -0.976. The average Bonchev–Trinajstić information content (AvgIpc) is 2.86. The van der Waals surface area contributed by atoms with Gasteiger partial charge in [0, 0.05) is 17.7 Å². The Balaban J connectivity index is 1.54. The van der Waals surface area contributed by atoms with Gasteiger partial charge in [-0.15, -0.1) is 0 Å². The minimum Gasteiger partial charge on any atom is -0.421 e. The third-order valence-corrected chi connectivity index (χ3v) is 5.69. The standard InChI is InChI=1S/C26H18BrN3O5/c27-23-15-21(30(33)34)13-20(25(23)35-26(32)18-8-2-1-3-9-18)16-28-29-24(31)14-19-11-6-10-17-7-4-5-12-22(17)19/h1-13,15-16H,14H2,(H,29,31)/b28-16+. The highest BCUT2D eigenvalue weighted by atomic mass is 79.9. The lowest BCUT2D eigenvalue weighted by Gasteiger charge is -2.10. The van der Waals surface area contributed by atoms with E-state index in [-0.39, 0.29) is 33.8 Å². The minimum absolute atomic E-state index is 0.0384. The number of nitro groups is 1. The molecule has 0 aliphatic heterocycles. The van der Waals surface area contributed by atoms with Gasteiger partial charge in [-0.05, 0) is 44.4 Å². The van der Waals surface area contributed by atoms with Crippen molar-refractivity contribution in [2.24, 2.45) is 5.10 Å². The van der Waals surface area contributed by atoms with Crippen LogP contribution in [0.25, 0.3) is 10.8 Å². The summed E-state index contributed by atoms with van der Waals surface area (Å²) >= 11 is 3.22. The first-order valence-electron chi connectivity index (χ1n) is 10.5. The van der Waals surface area contributed by atoms with Crippen molar-refractivity contribution in [2.45, 2.75) is 6.42 Å². The van der Waals surface area contributed by atoms with Crippen LogP contribution in [0.3, 0.4) is 0 Å². The number of nitrogens with one attached hydrogen (secondary N) is 1. The zero-order valence-electron chi connectivity index (χ0n) is 18.2. The van der Waals surface area contributed by atoms with Gasteiger partial charge >= 0.3 is 5.97 Å². The van der Waals surface area contributed by atoms with Crippen LogP contribution in [0.4, 0.5) is 5.69 Å². The molecule has 0 spiro atoms. The second-order valence-electron chi connectivity index (χ2n) is 7.47. The predicted octanol–water partition coefficient (Wildman–Crippen LogP) is 5.42. The molecule has 0 saturated carbocycles. The number of amides is 1. The largest absolute Gasteiger partial charge is 0.421 e. The highest BCUT2D eigenvalue weighted by molar-refractivity contribution is 9.10. The van der Waals surface area contributed by atoms with Crippen LogP contribution in [0.5, 0.6) is 5.75 Å². The van der Waals surface area contributed by atoms with E-state index in [1.807, 2.05) is 42.5 Å². The fourth-order valence-corrected chi connectivity index (χ4v) is 4.01. The van der Waals surface area contributed by atoms with Crippen molar-refractivity contribution in [3.05, 3.63) is 116 Å². The number of carbonyl (C=O) groups is 2. The molecule has 0 aliphatic rings. The summed E-state index contributed by atoms with van der Waals surface area (Å²) in [6.45, 7) is 0. The Morgan fingerprint density at radius 2 is 1.71 bits per heavy atom. The molecule has 0 fully saturated rings. The van der Waals surface area contributed by atoms with Crippen LogP contribution >= 0.6 is 15.9 Å². The third-order valence-electron chi connectivity index (χ3n) is 5.10. The molecule has 4 aromatic rings. The van der Waals surface area contributed by atoms with E-state index in [1.165, 1.54) is 18.3 Å². The first-order valence-corrected chi connectivity index (χ1v) is 11.3. The van der Waals surface area contributed by atoms with E-state index in [1.54, 1.807) is 30.3 Å². The Kier molecular flexibility index (Phi) is 7.27. The van der Waals surface area contributed by atoms with Crippen molar-refractivity contribution in [3.8, 4) is 5.75 Å². The van der Waals surface area contributed by atoms with Crippen LogP contribution in [0.1, 0.15) is 21.5 Å². The van der Waals surface area contributed by atoms with Crippen LogP contribution < -0.4 is 10.2 Å². The van der Waals surface area contributed by atoms with Gasteiger partial charge in [0.2, 0.25) is 5.91 Å². The number of hydrogen-bond donors (Lipinski definition) is 1. The fourth-order valence-electron chi connectivity index (χ4n) is 3.47. The smallest absolute Gasteiger partial charge is 0.343 e. The Labute approximate surface area is 208 Å². The molecule has 0 saturated heterocycles. The summed E-state index contributed by atoms with van der Waals surface area (Å²) in [6.07, 6.45) is 1.29. The SMILES string of the molecule is O=C(Cc1cccc2ccccc12)N/N=C/c1cc([N+](=O)[O-])cc(Br)c1OC(=O)c1ccccc1. The molecule has 4 rings (SSSR count). The molecule has 0 heterocycles. The number of benzene rings is 4. The molecule has 0 bridgehead atoms. The number of non-ortho nitro benzene ring substituents is 1. The number of carbonyl (C=O) groups excluding carboxylic acids is 2. The van der Waals surface area contributed by atoms with Gasteiger partial charge in [-0.2, -0.15) is 5.10 Å².